The molecule has 33 heavy (non-hydrogen) atoms. The fourth-order valence-corrected chi connectivity index (χ4v) is 4.58. The third-order valence-electron chi connectivity index (χ3n) is 4.42. The van der Waals surface area contributed by atoms with Gasteiger partial charge in [-0.15, -0.1) is 0 Å². The maximum Gasteiger partial charge on any atom is 0.264 e. The number of hydrazone groups is 1. The van der Waals surface area contributed by atoms with Gasteiger partial charge in [0.2, 0.25) is 0 Å². The maximum absolute atomic E-state index is 13.3. The normalized spacial score (nSPS) is 11.4. The molecule has 0 aliphatic heterocycles. The van der Waals surface area contributed by atoms with Gasteiger partial charge in [-0.05, 0) is 61.5 Å². The van der Waals surface area contributed by atoms with Gasteiger partial charge in [0, 0.05) is 15.6 Å². The largest absolute Gasteiger partial charge is 0.494 e. The van der Waals surface area contributed by atoms with E-state index >= 15 is 0 Å². The summed E-state index contributed by atoms with van der Waals surface area (Å²) in [5, 5.41) is 4.75. The van der Waals surface area contributed by atoms with Crippen LogP contribution < -0.4 is 14.5 Å². The van der Waals surface area contributed by atoms with Gasteiger partial charge in [0.05, 0.1) is 23.4 Å². The van der Waals surface area contributed by atoms with E-state index in [-0.39, 0.29) is 4.90 Å². The van der Waals surface area contributed by atoms with Crippen LogP contribution in [-0.4, -0.2) is 33.7 Å². The van der Waals surface area contributed by atoms with E-state index in [2.05, 4.69) is 10.5 Å². The molecule has 3 rings (SSSR count). The molecule has 10 heteroatoms. The number of sulfonamides is 1. The highest BCUT2D eigenvalue weighted by molar-refractivity contribution is 7.92. The van der Waals surface area contributed by atoms with Crippen molar-refractivity contribution in [3.8, 4) is 5.75 Å². The van der Waals surface area contributed by atoms with E-state index < -0.39 is 22.5 Å². The Labute approximate surface area is 202 Å². The van der Waals surface area contributed by atoms with Crippen molar-refractivity contribution in [1.82, 2.24) is 5.43 Å². The second-order valence-electron chi connectivity index (χ2n) is 6.71. The molecule has 0 aliphatic carbocycles. The van der Waals surface area contributed by atoms with Crippen LogP contribution in [0.2, 0.25) is 10.0 Å². The standard InChI is InChI=1S/C23H21Cl2N3O4S/c1-2-32-20-11-9-19(10-12-20)28(33(30,31)21-13-7-18(24)8-14-21)16-23(29)27-26-15-17-5-3-4-6-22(17)25/h3-15H,2,16H2,1H3,(H,27,29)/b26-15-. The Bertz CT molecular complexity index is 1230. The van der Waals surface area contributed by atoms with E-state index in [9.17, 15) is 13.2 Å². The smallest absolute Gasteiger partial charge is 0.264 e. The first-order chi connectivity index (χ1) is 15.8. The summed E-state index contributed by atoms with van der Waals surface area (Å²) >= 11 is 12.0. The minimum Gasteiger partial charge on any atom is -0.494 e. The van der Waals surface area contributed by atoms with E-state index in [4.69, 9.17) is 27.9 Å². The molecule has 1 N–H and O–H groups in total. The Morgan fingerprint density at radius 2 is 1.70 bits per heavy atom. The number of carbonyl (C=O) groups is 1. The number of rotatable bonds is 9. The van der Waals surface area contributed by atoms with Crippen LogP contribution in [0.15, 0.2) is 82.8 Å². The summed E-state index contributed by atoms with van der Waals surface area (Å²) in [6, 6.07) is 19.1. The fourth-order valence-electron chi connectivity index (χ4n) is 2.84. The van der Waals surface area contributed by atoms with Crippen LogP contribution in [0.4, 0.5) is 5.69 Å². The number of halogens is 2. The zero-order valence-corrected chi connectivity index (χ0v) is 19.9. The number of nitrogens with one attached hydrogen (secondary N) is 1. The van der Waals surface area contributed by atoms with Crippen molar-refractivity contribution in [2.24, 2.45) is 5.10 Å². The van der Waals surface area contributed by atoms with Crippen LogP contribution in [0.3, 0.4) is 0 Å². The van der Waals surface area contributed by atoms with Crippen LogP contribution in [0.25, 0.3) is 0 Å². The van der Waals surface area contributed by atoms with Crippen LogP contribution in [0, 0.1) is 0 Å². The molecule has 172 valence electrons. The predicted octanol–water partition coefficient (Wildman–Crippen LogP) is 4.74. The van der Waals surface area contributed by atoms with Gasteiger partial charge in [-0.2, -0.15) is 5.10 Å². The number of nitrogens with zero attached hydrogens (tertiary/aromatic N) is 2. The number of amides is 1. The number of hydrogen-bond acceptors (Lipinski definition) is 5. The summed E-state index contributed by atoms with van der Waals surface area (Å²) in [4.78, 5) is 12.6. The molecule has 0 saturated heterocycles. The Kier molecular flexibility index (Phi) is 8.32. The van der Waals surface area contributed by atoms with Crippen molar-refractivity contribution in [2.45, 2.75) is 11.8 Å². The Balaban J connectivity index is 1.85. The fraction of sp³-hybridized carbons (Fsp3) is 0.130. The lowest BCUT2D eigenvalue weighted by Gasteiger charge is -2.24. The Hall–Kier alpha value is -3.07. The number of ether oxygens (including phenoxy) is 1. The SMILES string of the molecule is CCOc1ccc(N(CC(=O)N/N=C\c2ccccc2Cl)S(=O)(=O)c2ccc(Cl)cc2)cc1. The van der Waals surface area contributed by atoms with Crippen molar-refractivity contribution in [3.05, 3.63) is 88.4 Å². The van der Waals surface area contributed by atoms with Crippen molar-refractivity contribution >= 4 is 51.0 Å². The molecular weight excluding hydrogens is 485 g/mol. The first-order valence-corrected chi connectivity index (χ1v) is 12.1. The van der Waals surface area contributed by atoms with Gasteiger partial charge in [0.15, 0.2) is 0 Å². The molecule has 3 aromatic rings. The summed E-state index contributed by atoms with van der Waals surface area (Å²) in [6.07, 6.45) is 1.38. The van der Waals surface area contributed by atoms with Crippen LogP contribution in [-0.2, 0) is 14.8 Å². The zero-order valence-electron chi connectivity index (χ0n) is 17.6. The summed E-state index contributed by atoms with van der Waals surface area (Å²) in [5.74, 6) is -0.0522. The molecule has 0 unspecified atom stereocenters. The minimum absolute atomic E-state index is 0.00634. The van der Waals surface area contributed by atoms with Gasteiger partial charge >= 0.3 is 0 Å². The van der Waals surface area contributed by atoms with E-state index in [0.717, 1.165) is 4.31 Å². The second-order valence-corrected chi connectivity index (χ2v) is 9.41. The molecule has 0 fully saturated rings. The minimum atomic E-state index is -4.07. The molecule has 0 atom stereocenters. The summed E-state index contributed by atoms with van der Waals surface area (Å²) < 4.78 is 33.1. The lowest BCUT2D eigenvalue weighted by atomic mass is 10.2. The summed E-state index contributed by atoms with van der Waals surface area (Å²) in [7, 11) is -4.07. The first-order valence-electron chi connectivity index (χ1n) is 9.89. The molecule has 0 radical (unpaired) electrons. The third-order valence-corrected chi connectivity index (χ3v) is 6.81. The molecular formula is C23H21Cl2N3O4S. The van der Waals surface area contributed by atoms with Crippen molar-refractivity contribution < 1.29 is 17.9 Å². The first kappa shape index (κ1) is 24.6. The second kappa shape index (κ2) is 11.2. The number of carbonyl (C=O) groups excluding carboxylic acids is 1. The van der Waals surface area contributed by atoms with Gasteiger partial charge in [0.1, 0.15) is 12.3 Å². The molecule has 0 aliphatic rings. The lowest BCUT2D eigenvalue weighted by Crippen LogP contribution is -2.39. The zero-order chi connectivity index (χ0) is 23.8. The highest BCUT2D eigenvalue weighted by Gasteiger charge is 2.27. The third kappa shape index (κ3) is 6.47. The van der Waals surface area contributed by atoms with E-state index in [0.29, 0.717) is 33.7 Å². The van der Waals surface area contributed by atoms with Gasteiger partial charge in [-0.1, -0.05) is 41.4 Å². The molecule has 0 spiro atoms. The average molecular weight is 506 g/mol. The van der Waals surface area contributed by atoms with Crippen LogP contribution >= 0.6 is 23.2 Å². The van der Waals surface area contributed by atoms with Gasteiger partial charge in [-0.3, -0.25) is 9.10 Å². The van der Waals surface area contributed by atoms with Crippen molar-refractivity contribution in [3.63, 3.8) is 0 Å². The Morgan fingerprint density at radius 3 is 2.33 bits per heavy atom. The lowest BCUT2D eigenvalue weighted by molar-refractivity contribution is -0.119. The molecule has 0 saturated carbocycles. The van der Waals surface area contributed by atoms with Crippen LogP contribution in [0.5, 0.6) is 5.75 Å². The van der Waals surface area contributed by atoms with Gasteiger partial charge < -0.3 is 4.74 Å². The molecule has 0 aromatic heterocycles. The number of hydrogen-bond donors (Lipinski definition) is 1. The van der Waals surface area contributed by atoms with E-state index in [1.165, 1.54) is 30.5 Å². The van der Waals surface area contributed by atoms with Crippen molar-refractivity contribution in [1.29, 1.82) is 0 Å². The highest BCUT2D eigenvalue weighted by Crippen LogP contribution is 2.26. The van der Waals surface area contributed by atoms with E-state index in [1.54, 1.807) is 48.5 Å². The monoisotopic (exact) mass is 505 g/mol. The number of anilines is 1. The van der Waals surface area contributed by atoms with Gasteiger partial charge in [-0.25, -0.2) is 13.8 Å². The van der Waals surface area contributed by atoms with E-state index in [1.807, 2.05) is 6.92 Å². The maximum atomic E-state index is 13.3. The molecule has 7 nitrogen and oxygen atoms in total. The topological polar surface area (TPSA) is 88.1 Å². The average Bonchev–Trinajstić information content (AvgIpc) is 2.80. The summed E-state index contributed by atoms with van der Waals surface area (Å²) in [6.45, 7) is 1.81. The Morgan fingerprint density at radius 1 is 1.03 bits per heavy atom. The quantitative estimate of drug-likeness (QED) is 0.336. The highest BCUT2D eigenvalue weighted by atomic mass is 35.5. The molecule has 3 aromatic carbocycles. The predicted molar refractivity (Wildman–Crippen MR) is 131 cm³/mol. The van der Waals surface area contributed by atoms with Crippen LogP contribution in [0.1, 0.15) is 12.5 Å². The van der Waals surface area contributed by atoms with Crippen molar-refractivity contribution in [2.75, 3.05) is 17.5 Å². The molecule has 0 heterocycles. The number of benzene rings is 3. The molecule has 0 bridgehead atoms. The summed E-state index contributed by atoms with van der Waals surface area (Å²) in [5.41, 5.74) is 3.24. The van der Waals surface area contributed by atoms with Gasteiger partial charge in [0.25, 0.3) is 15.9 Å². The molecule has 1 amide bonds.